The maximum atomic E-state index is 13.6. The Hall–Kier alpha value is -2.78. The zero-order chi connectivity index (χ0) is 25.0. The van der Waals surface area contributed by atoms with Gasteiger partial charge in [-0.25, -0.2) is 18.6 Å². The van der Waals surface area contributed by atoms with Gasteiger partial charge in [-0.15, -0.1) is 0 Å². The quantitative estimate of drug-likeness (QED) is 0.477. The van der Waals surface area contributed by atoms with Gasteiger partial charge in [-0.3, -0.25) is 4.90 Å². The first-order valence-electron chi connectivity index (χ1n) is 12.5. The fourth-order valence-electron chi connectivity index (χ4n) is 6.00. The maximum Gasteiger partial charge on any atom is 0.410 e. The SMILES string of the molecule is C[C@@H]1CN(c2nc3cc(F)c(F)cc3s2)[C@@H](C)CN1C(=O)OC1CC2(C1)CN(Cc1ccccc1)C2. The lowest BCUT2D eigenvalue weighted by Gasteiger charge is -2.58. The fraction of sp³-hybridized carbons (Fsp3) is 0.481. The molecule has 1 spiro atoms. The molecule has 0 radical (unpaired) electrons. The van der Waals surface area contributed by atoms with Crippen molar-refractivity contribution < 1.29 is 18.3 Å². The highest BCUT2D eigenvalue weighted by atomic mass is 32.1. The lowest BCUT2D eigenvalue weighted by molar-refractivity contribution is -0.137. The summed E-state index contributed by atoms with van der Waals surface area (Å²) in [4.78, 5) is 23.9. The van der Waals surface area contributed by atoms with Crippen molar-refractivity contribution in [3.8, 4) is 0 Å². The molecule has 36 heavy (non-hydrogen) atoms. The number of anilines is 1. The van der Waals surface area contributed by atoms with Crippen molar-refractivity contribution in [1.82, 2.24) is 14.8 Å². The van der Waals surface area contributed by atoms with Gasteiger partial charge in [0.1, 0.15) is 6.10 Å². The van der Waals surface area contributed by atoms with E-state index in [-0.39, 0.29) is 24.3 Å². The zero-order valence-corrected chi connectivity index (χ0v) is 21.3. The second kappa shape index (κ2) is 8.95. The smallest absolute Gasteiger partial charge is 0.410 e. The molecule has 9 heteroatoms. The van der Waals surface area contributed by atoms with Crippen LogP contribution in [0, 0.1) is 17.0 Å². The molecule has 3 aliphatic rings. The lowest BCUT2D eigenvalue weighted by atomic mass is 9.61. The average molecular weight is 513 g/mol. The predicted molar refractivity (Wildman–Crippen MR) is 136 cm³/mol. The van der Waals surface area contributed by atoms with Crippen molar-refractivity contribution in [2.24, 2.45) is 5.41 Å². The van der Waals surface area contributed by atoms with Gasteiger partial charge in [0.2, 0.25) is 0 Å². The molecule has 0 unspecified atom stereocenters. The number of fused-ring (bicyclic) bond motifs is 1. The Labute approximate surface area is 213 Å². The van der Waals surface area contributed by atoms with Crippen molar-refractivity contribution in [1.29, 1.82) is 0 Å². The molecule has 1 aromatic heterocycles. The third-order valence-corrected chi connectivity index (χ3v) is 8.90. The van der Waals surface area contributed by atoms with Crippen LogP contribution in [0.2, 0.25) is 0 Å². The molecule has 190 valence electrons. The molecule has 6 nitrogen and oxygen atoms in total. The summed E-state index contributed by atoms with van der Waals surface area (Å²) in [6.45, 7) is 8.25. The number of piperazine rings is 1. The van der Waals surface area contributed by atoms with Gasteiger partial charge < -0.3 is 14.5 Å². The van der Waals surface area contributed by atoms with Crippen LogP contribution in [-0.4, -0.2) is 65.2 Å². The van der Waals surface area contributed by atoms with Crippen LogP contribution >= 0.6 is 11.3 Å². The third kappa shape index (κ3) is 4.32. The summed E-state index contributed by atoms with van der Waals surface area (Å²) in [6, 6.07) is 12.8. The summed E-state index contributed by atoms with van der Waals surface area (Å²) >= 11 is 1.34. The van der Waals surface area contributed by atoms with E-state index < -0.39 is 11.6 Å². The minimum Gasteiger partial charge on any atom is -0.446 e. The molecule has 3 fully saturated rings. The molecule has 2 atom stereocenters. The number of carbonyl (C=O) groups excluding carboxylic acids is 1. The van der Waals surface area contributed by atoms with Gasteiger partial charge >= 0.3 is 6.09 Å². The highest BCUT2D eigenvalue weighted by Crippen LogP contribution is 2.50. The number of hydrogen-bond donors (Lipinski definition) is 0. The summed E-state index contributed by atoms with van der Waals surface area (Å²) in [5.41, 5.74) is 2.10. The molecular formula is C27H30F2N4O2S. The average Bonchev–Trinajstić information content (AvgIpc) is 3.20. The van der Waals surface area contributed by atoms with Gasteiger partial charge in [0.25, 0.3) is 0 Å². The number of amides is 1. The monoisotopic (exact) mass is 512 g/mol. The van der Waals surface area contributed by atoms with Crippen LogP contribution in [0.5, 0.6) is 0 Å². The van der Waals surface area contributed by atoms with Crippen molar-refractivity contribution in [3.63, 3.8) is 0 Å². The number of hydrogen-bond acceptors (Lipinski definition) is 6. The lowest BCUT2D eigenvalue weighted by Crippen LogP contribution is -2.64. The number of thiazole rings is 1. The molecule has 1 saturated carbocycles. The minimum absolute atomic E-state index is 0.00837. The summed E-state index contributed by atoms with van der Waals surface area (Å²) in [5, 5.41) is 0.716. The first-order chi connectivity index (χ1) is 17.3. The highest BCUT2D eigenvalue weighted by molar-refractivity contribution is 7.22. The molecule has 2 aromatic carbocycles. The Morgan fingerprint density at radius 1 is 1.08 bits per heavy atom. The van der Waals surface area contributed by atoms with Gasteiger partial charge in [-0.05, 0) is 38.3 Å². The second-order valence-corrected chi connectivity index (χ2v) is 11.8. The van der Waals surface area contributed by atoms with Gasteiger partial charge in [0.05, 0.1) is 10.2 Å². The van der Waals surface area contributed by atoms with Gasteiger partial charge in [0.15, 0.2) is 16.8 Å². The first-order valence-corrected chi connectivity index (χ1v) is 13.4. The third-order valence-electron chi connectivity index (χ3n) is 7.84. The summed E-state index contributed by atoms with van der Waals surface area (Å²) < 4.78 is 33.8. The summed E-state index contributed by atoms with van der Waals surface area (Å²) in [6.07, 6.45) is 1.62. The molecule has 0 bridgehead atoms. The normalized spacial score (nSPS) is 24.1. The molecule has 6 rings (SSSR count). The summed E-state index contributed by atoms with van der Waals surface area (Å²) in [7, 11) is 0. The van der Waals surface area contributed by atoms with E-state index in [0.717, 1.165) is 38.5 Å². The number of likely N-dealkylation sites (tertiary alicyclic amines) is 1. The Kier molecular flexibility index (Phi) is 5.87. The Balaban J connectivity index is 1.01. The standard InChI is InChI=1S/C27H30F2N4O2S/c1-17-13-33(18(2)12-32(17)25-30-23-8-21(28)22(29)9-24(23)36-25)26(34)35-20-10-27(11-20)15-31(16-27)14-19-6-4-3-5-7-19/h3-9,17-18,20H,10-16H2,1-2H3/t17-,18+/m0/s1. The topological polar surface area (TPSA) is 48.9 Å². The largest absolute Gasteiger partial charge is 0.446 e. The number of ether oxygens (including phenoxy) is 1. The van der Waals surface area contributed by atoms with Crippen LogP contribution < -0.4 is 4.90 Å². The minimum atomic E-state index is -0.892. The van der Waals surface area contributed by atoms with Gasteiger partial charge in [-0.1, -0.05) is 41.7 Å². The number of nitrogens with zero attached hydrogens (tertiary/aromatic N) is 4. The summed E-state index contributed by atoms with van der Waals surface area (Å²) in [5.74, 6) is -1.76. The molecule has 3 aromatic rings. The molecule has 0 N–H and O–H groups in total. The Morgan fingerprint density at radius 3 is 2.56 bits per heavy atom. The van der Waals surface area contributed by atoms with Crippen LogP contribution in [0.25, 0.3) is 10.2 Å². The number of carbonyl (C=O) groups is 1. The van der Waals surface area contributed by atoms with E-state index in [0.29, 0.717) is 33.9 Å². The van der Waals surface area contributed by atoms with Crippen LogP contribution in [0.1, 0.15) is 32.3 Å². The molecule has 2 saturated heterocycles. The van der Waals surface area contributed by atoms with Crippen molar-refractivity contribution in [2.75, 3.05) is 31.1 Å². The number of benzene rings is 2. The van der Waals surface area contributed by atoms with Crippen molar-refractivity contribution in [2.45, 2.75) is 51.4 Å². The van der Waals surface area contributed by atoms with E-state index in [4.69, 9.17) is 4.74 Å². The first kappa shape index (κ1) is 23.6. The number of rotatable bonds is 4. The van der Waals surface area contributed by atoms with Crippen LogP contribution in [-0.2, 0) is 11.3 Å². The maximum absolute atomic E-state index is 13.6. The molecule has 2 aliphatic heterocycles. The molecule has 3 heterocycles. The highest BCUT2D eigenvalue weighted by Gasteiger charge is 2.54. The number of halogens is 2. The van der Waals surface area contributed by atoms with E-state index in [1.807, 2.05) is 19.9 Å². The van der Waals surface area contributed by atoms with E-state index in [2.05, 4.69) is 39.0 Å². The predicted octanol–water partition coefficient (Wildman–Crippen LogP) is 5.27. The zero-order valence-electron chi connectivity index (χ0n) is 20.5. The van der Waals surface area contributed by atoms with Crippen molar-refractivity contribution >= 4 is 32.8 Å². The second-order valence-electron chi connectivity index (χ2n) is 10.8. The molecule has 1 aliphatic carbocycles. The molecular weight excluding hydrogens is 482 g/mol. The van der Waals surface area contributed by atoms with Gasteiger partial charge in [-0.2, -0.15) is 0 Å². The van der Waals surface area contributed by atoms with E-state index in [1.165, 1.54) is 23.0 Å². The van der Waals surface area contributed by atoms with Crippen molar-refractivity contribution in [3.05, 3.63) is 59.7 Å². The van der Waals surface area contributed by atoms with Crippen LogP contribution in [0.3, 0.4) is 0 Å². The van der Waals surface area contributed by atoms with Gasteiger partial charge in [0, 0.05) is 56.3 Å². The Bertz CT molecular complexity index is 1230. The number of aromatic nitrogens is 1. The fourth-order valence-corrected chi connectivity index (χ4v) is 7.08. The Morgan fingerprint density at radius 2 is 1.81 bits per heavy atom. The van der Waals surface area contributed by atoms with E-state index >= 15 is 0 Å². The van der Waals surface area contributed by atoms with Crippen LogP contribution in [0.15, 0.2) is 42.5 Å². The van der Waals surface area contributed by atoms with Crippen LogP contribution in [0.4, 0.5) is 18.7 Å². The van der Waals surface area contributed by atoms with E-state index in [1.54, 1.807) is 4.90 Å². The molecule has 1 amide bonds. The van der Waals surface area contributed by atoms with E-state index in [9.17, 15) is 13.6 Å².